The summed E-state index contributed by atoms with van der Waals surface area (Å²) in [5, 5.41) is 31.4. The van der Waals surface area contributed by atoms with Gasteiger partial charge >= 0.3 is 0 Å². The van der Waals surface area contributed by atoms with Crippen LogP contribution in [0.15, 0.2) is 36.7 Å². The van der Waals surface area contributed by atoms with E-state index in [1.165, 1.54) is 18.3 Å². The first-order valence-corrected chi connectivity index (χ1v) is 9.69. The number of anilines is 2. The van der Waals surface area contributed by atoms with Crippen LogP contribution in [-0.4, -0.2) is 47.4 Å². The van der Waals surface area contributed by atoms with E-state index in [-0.39, 0.29) is 17.4 Å². The van der Waals surface area contributed by atoms with Crippen molar-refractivity contribution in [3.8, 4) is 11.4 Å². The minimum Gasteiger partial charge on any atom is -0.390 e. The first-order chi connectivity index (χ1) is 14.4. The lowest BCUT2D eigenvalue weighted by atomic mass is 9.90. The molecule has 0 amide bonds. The number of halogens is 2. The van der Waals surface area contributed by atoms with Gasteiger partial charge in [0.15, 0.2) is 0 Å². The average molecular weight is 416 g/mol. The molecule has 30 heavy (non-hydrogen) atoms. The number of aromatic nitrogens is 5. The van der Waals surface area contributed by atoms with Gasteiger partial charge in [0.2, 0.25) is 0 Å². The Kier molecular flexibility index (Phi) is 5.69. The highest BCUT2D eigenvalue weighted by Gasteiger charge is 2.32. The molecule has 10 heteroatoms. The Labute approximate surface area is 171 Å². The van der Waals surface area contributed by atoms with E-state index in [1.807, 2.05) is 13.0 Å². The monoisotopic (exact) mass is 416 g/mol. The van der Waals surface area contributed by atoms with Crippen LogP contribution in [0.2, 0.25) is 0 Å². The lowest BCUT2D eigenvalue weighted by molar-refractivity contribution is -0.0429. The van der Waals surface area contributed by atoms with Crippen molar-refractivity contribution in [2.24, 2.45) is 0 Å². The zero-order chi connectivity index (χ0) is 21.3. The van der Waals surface area contributed by atoms with E-state index in [0.717, 1.165) is 12.0 Å². The first kappa shape index (κ1) is 20.3. The molecule has 3 aromatic rings. The lowest BCUT2D eigenvalue weighted by Crippen LogP contribution is -2.38. The summed E-state index contributed by atoms with van der Waals surface area (Å²) in [6.07, 6.45) is 0.793. The van der Waals surface area contributed by atoms with Crippen molar-refractivity contribution in [1.82, 2.24) is 25.0 Å². The van der Waals surface area contributed by atoms with Gasteiger partial charge in [-0.1, -0.05) is 5.21 Å². The van der Waals surface area contributed by atoms with Crippen LogP contribution in [0.25, 0.3) is 11.4 Å². The molecule has 0 saturated heterocycles. The van der Waals surface area contributed by atoms with Crippen LogP contribution < -0.4 is 5.32 Å². The minimum absolute atomic E-state index is 0.128. The molecule has 4 rings (SSSR count). The van der Waals surface area contributed by atoms with Crippen molar-refractivity contribution >= 4 is 11.6 Å². The normalized spacial score (nSPS) is 21.7. The zero-order valence-corrected chi connectivity index (χ0v) is 16.3. The predicted octanol–water partition coefficient (Wildman–Crippen LogP) is 3.17. The molecule has 3 heterocycles. The Balaban J connectivity index is 1.58. The van der Waals surface area contributed by atoms with Gasteiger partial charge < -0.3 is 15.5 Å². The van der Waals surface area contributed by atoms with Gasteiger partial charge in [0.05, 0.1) is 24.0 Å². The fourth-order valence-electron chi connectivity index (χ4n) is 3.62. The Morgan fingerprint density at radius 2 is 1.97 bits per heavy atom. The van der Waals surface area contributed by atoms with Gasteiger partial charge in [-0.2, -0.15) is 0 Å². The van der Waals surface area contributed by atoms with Gasteiger partial charge in [-0.3, -0.25) is 0 Å². The van der Waals surface area contributed by atoms with E-state index in [0.29, 0.717) is 30.0 Å². The summed E-state index contributed by atoms with van der Waals surface area (Å²) >= 11 is 0. The van der Waals surface area contributed by atoms with Crippen LogP contribution in [0.3, 0.4) is 0 Å². The Morgan fingerprint density at radius 3 is 2.77 bits per heavy atom. The molecule has 0 bridgehead atoms. The fourth-order valence-corrected chi connectivity index (χ4v) is 3.62. The van der Waals surface area contributed by atoms with Gasteiger partial charge in [0.1, 0.15) is 23.4 Å². The fraction of sp³-hybridized carbons (Fsp3) is 0.400. The molecule has 1 aliphatic rings. The van der Waals surface area contributed by atoms with E-state index in [4.69, 9.17) is 0 Å². The molecule has 1 aliphatic carbocycles. The van der Waals surface area contributed by atoms with Crippen molar-refractivity contribution in [3.05, 3.63) is 47.8 Å². The van der Waals surface area contributed by atoms with E-state index >= 15 is 0 Å². The van der Waals surface area contributed by atoms with Gasteiger partial charge in [-0.25, -0.2) is 23.4 Å². The quantitative estimate of drug-likeness (QED) is 0.586. The number of aliphatic hydroxyl groups excluding tert-OH is 2. The molecule has 2 unspecified atom stereocenters. The largest absolute Gasteiger partial charge is 0.390 e. The van der Waals surface area contributed by atoms with Crippen LogP contribution >= 0.6 is 0 Å². The summed E-state index contributed by atoms with van der Waals surface area (Å²) in [5.41, 5.74) is 1.80. The number of alkyl halides is 2. The number of nitrogens with zero attached hydrogens (tertiary/aromatic N) is 5. The van der Waals surface area contributed by atoms with E-state index in [9.17, 15) is 19.0 Å². The first-order valence-electron chi connectivity index (χ1n) is 9.69. The van der Waals surface area contributed by atoms with Crippen LogP contribution in [0.4, 0.5) is 20.4 Å². The molecule has 3 N–H and O–H groups in total. The number of aryl methyl sites for hydroxylation is 1. The highest BCUT2D eigenvalue weighted by molar-refractivity contribution is 5.61. The van der Waals surface area contributed by atoms with Crippen molar-refractivity contribution < 1.29 is 19.0 Å². The van der Waals surface area contributed by atoms with Crippen LogP contribution in [0.1, 0.15) is 42.9 Å². The summed E-state index contributed by atoms with van der Waals surface area (Å²) in [6, 6.07) is 5.79. The highest BCUT2D eigenvalue weighted by atomic mass is 19.3. The minimum atomic E-state index is -2.58. The van der Waals surface area contributed by atoms with Crippen molar-refractivity contribution in [2.75, 3.05) is 5.32 Å². The molecule has 3 aromatic heterocycles. The van der Waals surface area contributed by atoms with Crippen LogP contribution in [-0.2, 0) is 0 Å². The second-order valence-electron chi connectivity index (χ2n) is 7.46. The van der Waals surface area contributed by atoms with E-state index in [1.54, 1.807) is 16.9 Å². The second kappa shape index (κ2) is 8.41. The SMILES string of the molecule is Cc1cc(Nc2cc(C(F)F)ccn2)nc(-c2cn(C3CCCC(O)[C@@H]3O)nn2)c1. The maximum absolute atomic E-state index is 12.9. The van der Waals surface area contributed by atoms with Gasteiger partial charge in [0.25, 0.3) is 6.43 Å². The van der Waals surface area contributed by atoms with Gasteiger partial charge in [0, 0.05) is 11.8 Å². The smallest absolute Gasteiger partial charge is 0.264 e. The number of hydrogen-bond donors (Lipinski definition) is 3. The summed E-state index contributed by atoms with van der Waals surface area (Å²) in [7, 11) is 0. The highest BCUT2D eigenvalue weighted by Crippen LogP contribution is 2.30. The van der Waals surface area contributed by atoms with Gasteiger partial charge in [-0.05, 0) is 56.0 Å². The van der Waals surface area contributed by atoms with Crippen molar-refractivity contribution in [3.63, 3.8) is 0 Å². The summed E-state index contributed by atoms with van der Waals surface area (Å²) in [6.45, 7) is 1.88. The number of nitrogens with one attached hydrogen (secondary N) is 1. The molecule has 0 spiro atoms. The van der Waals surface area contributed by atoms with Crippen molar-refractivity contribution in [1.29, 1.82) is 0 Å². The lowest BCUT2D eigenvalue weighted by Gasteiger charge is -2.31. The Bertz CT molecular complexity index is 1030. The van der Waals surface area contributed by atoms with Crippen LogP contribution in [0, 0.1) is 6.92 Å². The number of rotatable bonds is 5. The Morgan fingerprint density at radius 1 is 1.13 bits per heavy atom. The van der Waals surface area contributed by atoms with Crippen LogP contribution in [0.5, 0.6) is 0 Å². The average Bonchev–Trinajstić information content (AvgIpc) is 3.20. The summed E-state index contributed by atoms with van der Waals surface area (Å²) in [4.78, 5) is 8.56. The standard InChI is InChI=1S/C20H22F2N6O2/c1-11-7-13(14-10-28(27-26-14)15-3-2-4-16(29)19(15)30)24-18(8-11)25-17-9-12(20(21)22)5-6-23-17/h5-10,15-16,19-20,29-30H,2-4H2,1H3,(H,23,24,25)/t15?,16?,19-/m1/s1. The third kappa shape index (κ3) is 4.29. The second-order valence-corrected chi connectivity index (χ2v) is 7.46. The molecule has 3 atom stereocenters. The Hall–Kier alpha value is -2.98. The topological polar surface area (TPSA) is 109 Å². The summed E-state index contributed by atoms with van der Waals surface area (Å²) < 4.78 is 27.4. The molecule has 158 valence electrons. The summed E-state index contributed by atoms with van der Waals surface area (Å²) in [5.74, 6) is 0.700. The number of aliphatic hydroxyl groups is 2. The molecule has 8 nitrogen and oxygen atoms in total. The molecule has 0 aliphatic heterocycles. The third-order valence-corrected chi connectivity index (χ3v) is 5.16. The number of hydrogen-bond acceptors (Lipinski definition) is 7. The molecule has 1 fully saturated rings. The molecule has 1 saturated carbocycles. The zero-order valence-electron chi connectivity index (χ0n) is 16.3. The predicted molar refractivity (Wildman–Crippen MR) is 105 cm³/mol. The maximum atomic E-state index is 12.9. The van der Waals surface area contributed by atoms with Gasteiger partial charge in [-0.15, -0.1) is 5.10 Å². The molecular formula is C20H22F2N6O2. The number of pyridine rings is 2. The molecular weight excluding hydrogens is 394 g/mol. The molecule has 0 radical (unpaired) electrons. The van der Waals surface area contributed by atoms with E-state index < -0.39 is 18.6 Å². The van der Waals surface area contributed by atoms with Crippen molar-refractivity contribution in [2.45, 2.75) is 50.9 Å². The third-order valence-electron chi connectivity index (χ3n) is 5.16. The van der Waals surface area contributed by atoms with E-state index in [2.05, 4.69) is 25.6 Å². The maximum Gasteiger partial charge on any atom is 0.264 e. The molecule has 0 aromatic carbocycles.